The van der Waals surface area contributed by atoms with Gasteiger partial charge in [-0.1, -0.05) is 0 Å². The fraction of sp³-hybridized carbons (Fsp3) is 0.800. The molecule has 1 fully saturated rings. The molecule has 0 aliphatic carbocycles. The van der Waals surface area contributed by atoms with Gasteiger partial charge in [0, 0.05) is 109 Å². The van der Waals surface area contributed by atoms with Crippen LogP contribution in [-0.2, 0) is 76.3 Å². The Morgan fingerprint density at radius 2 is 0.328 bits per heavy atom. The van der Waals surface area contributed by atoms with Gasteiger partial charge >= 0.3 is 0 Å². The molecule has 0 atom stereocenters. The van der Waals surface area contributed by atoms with Gasteiger partial charge in [-0.25, -0.2) is 0 Å². The number of carbonyl (C=O) groups excluding carboxylic acids is 8. The molecular formula is C40H72N8O16. The van der Waals surface area contributed by atoms with Crippen molar-refractivity contribution in [2.75, 3.05) is 214 Å². The molecule has 1 aliphatic rings. The first-order valence-corrected chi connectivity index (χ1v) is 20.9. The lowest BCUT2D eigenvalue weighted by molar-refractivity contribution is -0.151. The molecule has 0 bridgehead atoms. The standard InChI is InChI=1S/C40H72N8O16/c1-57-17-9-41-25-34(50)43(11-19-59-3)27-36(52)45(13-21-61-5)29-38(54)47(15-23-63-7)31-40(56)48(16-24-64-8)32-39(55)46(14-22-62-6)30-37(53)44(12-20-60-4)28-35(51)42(10-18-58-2)26-33(41)49/h9-32H2,1-8H3. The van der Waals surface area contributed by atoms with E-state index in [0.29, 0.717) is 0 Å². The monoisotopic (exact) mass is 921 g/mol. The van der Waals surface area contributed by atoms with Crippen molar-refractivity contribution in [2.45, 2.75) is 0 Å². The molecule has 1 rings (SSSR count). The minimum atomic E-state index is -0.635. The van der Waals surface area contributed by atoms with Crippen molar-refractivity contribution in [3.63, 3.8) is 0 Å². The molecule has 64 heavy (non-hydrogen) atoms. The summed E-state index contributed by atoms with van der Waals surface area (Å²) < 4.78 is 41.8. The quantitative estimate of drug-likeness (QED) is 0.0893. The van der Waals surface area contributed by atoms with Gasteiger partial charge in [0.05, 0.1) is 105 Å². The Bertz CT molecular complexity index is 1130. The molecule has 24 heteroatoms. The third-order valence-corrected chi connectivity index (χ3v) is 9.95. The third kappa shape index (κ3) is 21.9. The van der Waals surface area contributed by atoms with Crippen LogP contribution in [0.4, 0.5) is 0 Å². The van der Waals surface area contributed by atoms with Crippen molar-refractivity contribution >= 4 is 47.3 Å². The van der Waals surface area contributed by atoms with E-state index < -0.39 is 99.6 Å². The van der Waals surface area contributed by atoms with E-state index in [4.69, 9.17) is 37.9 Å². The second kappa shape index (κ2) is 33.9. The van der Waals surface area contributed by atoms with Gasteiger partial charge in [0.15, 0.2) is 0 Å². The van der Waals surface area contributed by atoms with Gasteiger partial charge < -0.3 is 77.1 Å². The molecule has 0 N–H and O–H groups in total. The summed E-state index contributed by atoms with van der Waals surface area (Å²) in [6, 6.07) is 0. The molecule has 1 aliphatic heterocycles. The Morgan fingerprint density at radius 3 is 0.406 bits per heavy atom. The highest BCUT2D eigenvalue weighted by molar-refractivity contribution is 5.94. The largest absolute Gasteiger partial charge is 0.383 e. The van der Waals surface area contributed by atoms with Crippen LogP contribution in [-0.4, -0.2) is 301 Å². The van der Waals surface area contributed by atoms with Crippen LogP contribution < -0.4 is 0 Å². The van der Waals surface area contributed by atoms with Crippen LogP contribution >= 0.6 is 0 Å². The predicted octanol–water partition coefficient (Wildman–Crippen LogP) is -4.20. The number of nitrogens with zero attached hydrogens (tertiary/aromatic N) is 8. The molecule has 0 unspecified atom stereocenters. The van der Waals surface area contributed by atoms with Crippen LogP contribution in [0, 0.1) is 0 Å². The maximum Gasteiger partial charge on any atom is 0.242 e. The summed E-state index contributed by atoms with van der Waals surface area (Å²) in [5, 5.41) is 0. The van der Waals surface area contributed by atoms with Gasteiger partial charge in [-0.3, -0.25) is 38.4 Å². The van der Waals surface area contributed by atoms with Gasteiger partial charge in [0.25, 0.3) is 0 Å². The summed E-state index contributed by atoms with van der Waals surface area (Å²) in [5.41, 5.74) is 0. The van der Waals surface area contributed by atoms with E-state index in [9.17, 15) is 38.4 Å². The van der Waals surface area contributed by atoms with Gasteiger partial charge in [-0.2, -0.15) is 0 Å². The van der Waals surface area contributed by atoms with Gasteiger partial charge in [-0.05, 0) is 0 Å². The summed E-state index contributed by atoms with van der Waals surface area (Å²) in [5.74, 6) is -5.08. The molecule has 0 saturated carbocycles. The lowest BCUT2D eigenvalue weighted by Gasteiger charge is -2.33. The summed E-state index contributed by atoms with van der Waals surface area (Å²) in [4.78, 5) is 122. The van der Waals surface area contributed by atoms with E-state index in [1.165, 1.54) is 96.1 Å². The highest BCUT2D eigenvalue weighted by Gasteiger charge is 2.32. The SMILES string of the molecule is COCCN1CC(=O)N(CCOC)CC(=O)N(CCOC)CC(=O)N(CCOC)CC(=O)N(CCOC)CC(=O)N(CCOC)CC(=O)N(CCOC)CC(=O)N(CCOC)CC1=O. The summed E-state index contributed by atoms with van der Waals surface area (Å²) in [6.45, 7) is -4.38. The number of rotatable bonds is 24. The topological polar surface area (TPSA) is 236 Å². The maximum absolute atomic E-state index is 14.0. The number of ether oxygens (including phenoxy) is 8. The second-order valence-electron chi connectivity index (χ2n) is 14.5. The Kier molecular flexibility index (Phi) is 30.4. The lowest BCUT2D eigenvalue weighted by atomic mass is 10.3. The van der Waals surface area contributed by atoms with Crippen molar-refractivity contribution in [2.24, 2.45) is 0 Å². The average Bonchev–Trinajstić information content (AvgIpc) is 3.28. The molecular weight excluding hydrogens is 848 g/mol. The molecule has 1 heterocycles. The van der Waals surface area contributed by atoms with Gasteiger partial charge in [-0.15, -0.1) is 0 Å². The molecule has 0 radical (unpaired) electrons. The maximum atomic E-state index is 14.0. The third-order valence-electron chi connectivity index (χ3n) is 9.95. The second-order valence-corrected chi connectivity index (χ2v) is 14.5. The first-order valence-electron chi connectivity index (χ1n) is 20.9. The van der Waals surface area contributed by atoms with Crippen molar-refractivity contribution < 1.29 is 76.3 Å². The molecule has 24 nitrogen and oxygen atoms in total. The van der Waals surface area contributed by atoms with E-state index in [2.05, 4.69) is 0 Å². The number of methoxy groups -OCH3 is 8. The molecule has 0 aromatic rings. The summed E-state index contributed by atoms with van der Waals surface area (Å²) in [6.07, 6.45) is 0. The molecule has 0 aromatic heterocycles. The molecule has 368 valence electrons. The van der Waals surface area contributed by atoms with E-state index >= 15 is 0 Å². The first-order chi connectivity index (χ1) is 30.7. The van der Waals surface area contributed by atoms with E-state index in [1.54, 1.807) is 0 Å². The summed E-state index contributed by atoms with van der Waals surface area (Å²) in [7, 11) is 11.3. The van der Waals surface area contributed by atoms with Crippen LogP contribution in [0.15, 0.2) is 0 Å². The average molecular weight is 921 g/mol. The highest BCUT2D eigenvalue weighted by atomic mass is 16.5. The number of hydrogen-bond donors (Lipinski definition) is 0. The van der Waals surface area contributed by atoms with Crippen molar-refractivity contribution in [1.82, 2.24) is 39.2 Å². The van der Waals surface area contributed by atoms with Gasteiger partial charge in [0.1, 0.15) is 0 Å². The Hall–Kier alpha value is -4.56. The molecule has 0 spiro atoms. The fourth-order valence-electron chi connectivity index (χ4n) is 6.05. The van der Waals surface area contributed by atoms with Crippen molar-refractivity contribution in [3.05, 3.63) is 0 Å². The zero-order valence-electron chi connectivity index (χ0n) is 39.1. The minimum absolute atomic E-state index is 0.0265. The number of hydrogen-bond acceptors (Lipinski definition) is 16. The molecule has 0 aromatic carbocycles. The van der Waals surface area contributed by atoms with Crippen molar-refractivity contribution in [1.29, 1.82) is 0 Å². The van der Waals surface area contributed by atoms with Gasteiger partial charge in [0.2, 0.25) is 47.3 Å². The van der Waals surface area contributed by atoms with Crippen LogP contribution in [0.3, 0.4) is 0 Å². The van der Waals surface area contributed by atoms with Crippen LogP contribution in [0.2, 0.25) is 0 Å². The Labute approximate surface area is 376 Å². The molecule has 8 amide bonds. The normalized spacial score (nSPS) is 17.1. The van der Waals surface area contributed by atoms with E-state index in [0.717, 1.165) is 0 Å². The lowest BCUT2D eigenvalue weighted by Crippen LogP contribution is -2.55. The van der Waals surface area contributed by atoms with E-state index in [1.807, 2.05) is 0 Å². The summed E-state index contributed by atoms with van der Waals surface area (Å²) >= 11 is 0. The first kappa shape index (κ1) is 57.5. The Balaban J connectivity index is 3.95. The zero-order valence-corrected chi connectivity index (χ0v) is 39.1. The predicted molar refractivity (Wildman–Crippen MR) is 228 cm³/mol. The van der Waals surface area contributed by atoms with E-state index in [-0.39, 0.29) is 105 Å². The van der Waals surface area contributed by atoms with Crippen LogP contribution in [0.25, 0.3) is 0 Å². The number of amides is 8. The highest BCUT2D eigenvalue weighted by Crippen LogP contribution is 2.08. The zero-order chi connectivity index (χ0) is 47.9. The fourth-order valence-corrected chi connectivity index (χ4v) is 6.05. The Morgan fingerprint density at radius 1 is 0.234 bits per heavy atom. The molecule has 1 saturated heterocycles. The van der Waals surface area contributed by atoms with Crippen LogP contribution in [0.1, 0.15) is 0 Å². The number of carbonyl (C=O) groups is 8. The van der Waals surface area contributed by atoms with Crippen LogP contribution in [0.5, 0.6) is 0 Å². The minimum Gasteiger partial charge on any atom is -0.383 e. The smallest absolute Gasteiger partial charge is 0.242 e. The van der Waals surface area contributed by atoms with Crippen molar-refractivity contribution in [3.8, 4) is 0 Å².